The summed E-state index contributed by atoms with van der Waals surface area (Å²) >= 11 is 1.36. The summed E-state index contributed by atoms with van der Waals surface area (Å²) in [5.74, 6) is -0.392. The topological polar surface area (TPSA) is 62.3 Å². The zero-order valence-electron chi connectivity index (χ0n) is 13.5. The number of fused-ring (bicyclic) bond motifs is 1. The van der Waals surface area contributed by atoms with Crippen LogP contribution >= 0.6 is 11.3 Å². The van der Waals surface area contributed by atoms with Crippen LogP contribution in [0.15, 0.2) is 54.6 Å². The van der Waals surface area contributed by atoms with Crippen LogP contribution < -0.4 is 10.2 Å². The SMILES string of the molecule is Cc1nc(-c2ccccc2)sc1C(=O)N1CC(=O)Nc2ccccc21. The molecule has 0 radical (unpaired) electrons. The van der Waals surface area contributed by atoms with Crippen LogP contribution in [0.1, 0.15) is 15.4 Å². The van der Waals surface area contributed by atoms with Gasteiger partial charge < -0.3 is 5.32 Å². The fourth-order valence-electron chi connectivity index (χ4n) is 2.84. The molecule has 0 fully saturated rings. The number of nitrogens with one attached hydrogen (secondary N) is 1. The molecule has 124 valence electrons. The average Bonchev–Trinajstić information content (AvgIpc) is 3.03. The lowest BCUT2D eigenvalue weighted by Crippen LogP contribution is -2.42. The molecular formula is C19H15N3O2S. The molecule has 0 spiro atoms. The third kappa shape index (κ3) is 2.81. The zero-order chi connectivity index (χ0) is 17.4. The van der Waals surface area contributed by atoms with E-state index in [2.05, 4.69) is 10.3 Å². The molecule has 5 nitrogen and oxygen atoms in total. The van der Waals surface area contributed by atoms with Crippen LogP contribution in [0.2, 0.25) is 0 Å². The Kier molecular flexibility index (Phi) is 3.82. The Morgan fingerprint density at radius 2 is 1.84 bits per heavy atom. The first kappa shape index (κ1) is 15.5. The van der Waals surface area contributed by atoms with Gasteiger partial charge in [0, 0.05) is 5.56 Å². The highest BCUT2D eigenvalue weighted by atomic mass is 32.1. The van der Waals surface area contributed by atoms with Gasteiger partial charge in [-0.25, -0.2) is 4.98 Å². The van der Waals surface area contributed by atoms with E-state index in [1.165, 1.54) is 16.2 Å². The minimum atomic E-state index is -0.197. The van der Waals surface area contributed by atoms with Gasteiger partial charge >= 0.3 is 0 Å². The van der Waals surface area contributed by atoms with Gasteiger partial charge in [0.1, 0.15) is 16.4 Å². The summed E-state index contributed by atoms with van der Waals surface area (Å²) < 4.78 is 0. The molecule has 1 N–H and O–H groups in total. The fraction of sp³-hybridized carbons (Fsp3) is 0.105. The Bertz CT molecular complexity index is 966. The minimum Gasteiger partial charge on any atom is -0.323 e. The van der Waals surface area contributed by atoms with Crippen molar-refractivity contribution < 1.29 is 9.59 Å². The van der Waals surface area contributed by atoms with Crippen molar-refractivity contribution in [2.45, 2.75) is 6.92 Å². The predicted octanol–water partition coefficient (Wildman–Crippen LogP) is 3.72. The molecule has 2 aromatic carbocycles. The first-order chi connectivity index (χ1) is 12.1. The third-order valence-corrected chi connectivity index (χ3v) is 5.22. The quantitative estimate of drug-likeness (QED) is 0.767. The maximum atomic E-state index is 13.1. The molecule has 6 heteroatoms. The number of benzene rings is 2. The Morgan fingerprint density at radius 3 is 2.64 bits per heavy atom. The number of carbonyl (C=O) groups is 2. The Hall–Kier alpha value is -2.99. The van der Waals surface area contributed by atoms with E-state index in [0.717, 1.165) is 10.6 Å². The predicted molar refractivity (Wildman–Crippen MR) is 99.0 cm³/mol. The number of thiazole rings is 1. The van der Waals surface area contributed by atoms with Gasteiger partial charge in [-0.3, -0.25) is 14.5 Å². The highest BCUT2D eigenvalue weighted by Gasteiger charge is 2.29. The van der Waals surface area contributed by atoms with Crippen LogP contribution in [0, 0.1) is 6.92 Å². The van der Waals surface area contributed by atoms with Gasteiger partial charge in [-0.2, -0.15) is 0 Å². The lowest BCUT2D eigenvalue weighted by Gasteiger charge is -2.28. The molecule has 2 amide bonds. The van der Waals surface area contributed by atoms with Crippen molar-refractivity contribution in [1.82, 2.24) is 4.98 Å². The molecule has 2 heterocycles. The molecular weight excluding hydrogens is 334 g/mol. The number of carbonyl (C=O) groups excluding carboxylic acids is 2. The van der Waals surface area contributed by atoms with Gasteiger partial charge in [-0.15, -0.1) is 11.3 Å². The number of rotatable bonds is 2. The van der Waals surface area contributed by atoms with Gasteiger partial charge in [0.2, 0.25) is 5.91 Å². The second kappa shape index (κ2) is 6.14. The number of aromatic nitrogens is 1. The van der Waals surface area contributed by atoms with E-state index < -0.39 is 0 Å². The van der Waals surface area contributed by atoms with E-state index in [1.54, 1.807) is 6.07 Å². The van der Waals surface area contributed by atoms with Crippen LogP contribution in [0.5, 0.6) is 0 Å². The van der Waals surface area contributed by atoms with Crippen molar-refractivity contribution in [1.29, 1.82) is 0 Å². The lowest BCUT2D eigenvalue weighted by molar-refractivity contribution is -0.115. The van der Waals surface area contributed by atoms with Crippen LogP contribution in [0.4, 0.5) is 11.4 Å². The molecule has 0 atom stereocenters. The highest BCUT2D eigenvalue weighted by molar-refractivity contribution is 7.17. The van der Waals surface area contributed by atoms with Crippen LogP contribution in [0.25, 0.3) is 10.6 Å². The lowest BCUT2D eigenvalue weighted by atomic mass is 10.2. The first-order valence-electron chi connectivity index (χ1n) is 7.87. The molecule has 0 saturated carbocycles. The van der Waals surface area contributed by atoms with Crippen LogP contribution in [-0.4, -0.2) is 23.3 Å². The van der Waals surface area contributed by atoms with Crippen molar-refractivity contribution in [2.24, 2.45) is 0 Å². The van der Waals surface area contributed by atoms with Crippen molar-refractivity contribution in [2.75, 3.05) is 16.8 Å². The molecule has 1 aliphatic heterocycles. The summed E-state index contributed by atoms with van der Waals surface area (Å²) in [7, 11) is 0. The number of nitrogens with zero attached hydrogens (tertiary/aromatic N) is 2. The van der Waals surface area contributed by atoms with Gasteiger partial charge in [-0.05, 0) is 19.1 Å². The van der Waals surface area contributed by atoms with E-state index in [-0.39, 0.29) is 18.4 Å². The molecule has 0 aliphatic carbocycles. The Labute approximate surface area is 148 Å². The number of amides is 2. The third-order valence-electron chi connectivity index (χ3n) is 4.03. The maximum absolute atomic E-state index is 13.1. The largest absolute Gasteiger partial charge is 0.323 e. The van der Waals surface area contributed by atoms with Crippen molar-refractivity contribution in [3.05, 3.63) is 65.2 Å². The molecule has 1 aliphatic rings. The van der Waals surface area contributed by atoms with Gasteiger partial charge in [0.15, 0.2) is 0 Å². The summed E-state index contributed by atoms with van der Waals surface area (Å²) in [5.41, 5.74) is 3.02. The first-order valence-corrected chi connectivity index (χ1v) is 8.69. The van der Waals surface area contributed by atoms with Gasteiger partial charge in [-0.1, -0.05) is 42.5 Å². The fourth-order valence-corrected chi connectivity index (χ4v) is 3.86. The van der Waals surface area contributed by atoms with Crippen molar-refractivity contribution >= 4 is 34.5 Å². The summed E-state index contributed by atoms with van der Waals surface area (Å²) in [6.45, 7) is 1.83. The molecule has 0 unspecified atom stereocenters. The molecule has 1 aromatic heterocycles. The number of hydrogen-bond donors (Lipinski definition) is 1. The molecule has 4 rings (SSSR count). The van der Waals surface area contributed by atoms with Crippen LogP contribution in [0.3, 0.4) is 0 Å². The monoisotopic (exact) mass is 349 g/mol. The van der Waals surface area contributed by atoms with E-state index >= 15 is 0 Å². The zero-order valence-corrected chi connectivity index (χ0v) is 14.3. The smallest absolute Gasteiger partial charge is 0.270 e. The van der Waals surface area contributed by atoms with Gasteiger partial charge in [0.25, 0.3) is 5.91 Å². The number of aryl methyl sites for hydroxylation is 1. The Balaban J connectivity index is 1.73. The highest BCUT2D eigenvalue weighted by Crippen LogP contribution is 2.33. The molecule has 0 saturated heterocycles. The summed E-state index contributed by atoms with van der Waals surface area (Å²) in [6.07, 6.45) is 0. The second-order valence-corrected chi connectivity index (χ2v) is 6.76. The van der Waals surface area contributed by atoms with E-state index in [1.807, 2.05) is 55.5 Å². The van der Waals surface area contributed by atoms with E-state index in [9.17, 15) is 9.59 Å². The van der Waals surface area contributed by atoms with Gasteiger partial charge in [0.05, 0.1) is 17.1 Å². The van der Waals surface area contributed by atoms with E-state index in [4.69, 9.17) is 0 Å². The molecule has 0 bridgehead atoms. The summed E-state index contributed by atoms with van der Waals surface area (Å²) in [5, 5.41) is 3.60. The number of anilines is 2. The van der Waals surface area contributed by atoms with Crippen molar-refractivity contribution in [3.8, 4) is 10.6 Å². The summed E-state index contributed by atoms with van der Waals surface area (Å²) in [4.78, 5) is 31.7. The summed E-state index contributed by atoms with van der Waals surface area (Å²) in [6, 6.07) is 17.1. The molecule has 3 aromatic rings. The van der Waals surface area contributed by atoms with Crippen molar-refractivity contribution in [3.63, 3.8) is 0 Å². The number of para-hydroxylation sites is 2. The van der Waals surface area contributed by atoms with E-state index in [0.29, 0.717) is 21.9 Å². The number of hydrogen-bond acceptors (Lipinski definition) is 4. The minimum absolute atomic E-state index is 0.00779. The normalized spacial score (nSPS) is 13.3. The Morgan fingerprint density at radius 1 is 1.12 bits per heavy atom. The second-order valence-electron chi connectivity index (χ2n) is 5.76. The maximum Gasteiger partial charge on any atom is 0.270 e. The standard InChI is InChI=1S/C19H15N3O2S/c1-12-17(25-18(20-12)13-7-3-2-4-8-13)19(24)22-11-16(23)21-14-9-5-6-10-15(14)22/h2-10H,11H2,1H3,(H,21,23). The van der Waals surface area contributed by atoms with Crippen LogP contribution in [-0.2, 0) is 4.79 Å². The average molecular weight is 349 g/mol. The molecule has 25 heavy (non-hydrogen) atoms.